The van der Waals surface area contributed by atoms with Gasteiger partial charge in [0, 0.05) is 11.8 Å². The van der Waals surface area contributed by atoms with Crippen molar-refractivity contribution >= 4 is 7.25 Å². The topological polar surface area (TPSA) is 0 Å². The van der Waals surface area contributed by atoms with Gasteiger partial charge in [0.05, 0.1) is 0 Å². The molecule has 2 fully saturated rings. The minimum Gasteiger partial charge on any atom is -0.418 e. The molecule has 2 atom stereocenters. The monoisotopic (exact) mass is 503 g/mol. The van der Waals surface area contributed by atoms with Crippen LogP contribution in [0.25, 0.3) is 0 Å². The van der Waals surface area contributed by atoms with Gasteiger partial charge in [-0.05, 0) is 110 Å². The van der Waals surface area contributed by atoms with E-state index in [4.69, 9.17) is 0 Å². The summed E-state index contributed by atoms with van der Waals surface area (Å²) in [7, 11) is -6.00. The first-order valence-electron chi connectivity index (χ1n) is 11.4. The van der Waals surface area contributed by atoms with E-state index < -0.39 is 7.25 Å². The van der Waals surface area contributed by atoms with Crippen LogP contribution in [0.4, 0.5) is 17.3 Å². The van der Waals surface area contributed by atoms with Crippen molar-refractivity contribution < 1.29 is 34.3 Å². The van der Waals surface area contributed by atoms with Gasteiger partial charge in [0.25, 0.3) is 0 Å². The zero-order chi connectivity index (χ0) is 23.0. The van der Waals surface area contributed by atoms with E-state index in [9.17, 15) is 17.3 Å². The molecule has 11 radical (unpaired) electrons. The minimum atomic E-state index is -6.00. The molecule has 0 spiro atoms. The number of benzene rings is 2. The van der Waals surface area contributed by atoms with E-state index >= 15 is 0 Å². The SMILES string of the molecule is F[B-](F)(F)F.[CH]1[CH][CH][C](C[C@H]2C3c4ccccc4C(c4ccccc43)[C@@H]2C[C]2[CH][CH][CH][CH]2)[CH]1.[Fe+3]. The Bertz CT molecular complexity index is 826. The molecule has 2 bridgehead atoms. The fourth-order valence-electron chi connectivity index (χ4n) is 6.09. The Morgan fingerprint density at radius 1 is 0.529 bits per heavy atom. The molecule has 0 unspecified atom stereocenters. The van der Waals surface area contributed by atoms with E-state index in [2.05, 4.69) is 99.9 Å². The number of hydrogen-bond acceptors (Lipinski definition) is 0. The minimum absolute atomic E-state index is 0. The van der Waals surface area contributed by atoms with Crippen molar-refractivity contribution in [2.75, 3.05) is 0 Å². The van der Waals surface area contributed by atoms with E-state index in [0.29, 0.717) is 23.7 Å². The van der Waals surface area contributed by atoms with Crippen LogP contribution in [0.3, 0.4) is 0 Å². The standard InChI is InChI=1S/C28H24.BF4.Fe/c1-2-10-19(9-1)17-25-26(18-20-11-3-4-12-20)28-23-15-7-5-13-21(23)27(25)22-14-6-8-16-24(22)28;2-1(3,4)5;/h1-16,25-28H,17-18H2;;/q;-1;+3/t25-,26-,27?,28?;;/m1../s1. The predicted octanol–water partition coefficient (Wildman–Crippen LogP) is 7.40. The zero-order valence-electron chi connectivity index (χ0n) is 18.4. The fraction of sp³-hybridized carbons (Fsp3) is 0.214. The third-order valence-electron chi connectivity index (χ3n) is 7.14. The van der Waals surface area contributed by atoms with Gasteiger partial charge in [0.15, 0.2) is 0 Å². The van der Waals surface area contributed by atoms with Gasteiger partial charge >= 0.3 is 24.3 Å². The molecule has 5 aliphatic carbocycles. The van der Waals surface area contributed by atoms with Gasteiger partial charge in [-0.1, -0.05) is 48.5 Å². The van der Waals surface area contributed by atoms with Crippen LogP contribution < -0.4 is 0 Å². The molecule has 173 valence electrons. The number of halogens is 4. The summed E-state index contributed by atoms with van der Waals surface area (Å²) in [4.78, 5) is 0. The number of hydrogen-bond donors (Lipinski definition) is 0. The average molecular weight is 503 g/mol. The van der Waals surface area contributed by atoms with E-state index in [1.54, 1.807) is 22.3 Å². The van der Waals surface area contributed by atoms with Crippen LogP contribution in [0.2, 0.25) is 0 Å². The third kappa shape index (κ3) is 5.43. The van der Waals surface area contributed by atoms with Gasteiger partial charge in [0.1, 0.15) is 0 Å². The Kier molecular flexibility index (Phi) is 8.19. The van der Waals surface area contributed by atoms with Gasteiger partial charge in [-0.15, -0.1) is 0 Å². The summed E-state index contributed by atoms with van der Waals surface area (Å²) < 4.78 is 39.0. The van der Waals surface area contributed by atoms with Crippen molar-refractivity contribution in [1.82, 2.24) is 0 Å². The number of rotatable bonds is 4. The van der Waals surface area contributed by atoms with Gasteiger partial charge in [0.2, 0.25) is 0 Å². The molecule has 0 amide bonds. The molecule has 6 heteroatoms. The van der Waals surface area contributed by atoms with Crippen LogP contribution in [0, 0.1) is 75.0 Å². The summed E-state index contributed by atoms with van der Waals surface area (Å²) in [6.45, 7) is 0. The van der Waals surface area contributed by atoms with Crippen molar-refractivity contribution in [2.24, 2.45) is 11.8 Å². The normalized spacial score (nSPS) is 28.0. The molecule has 5 aliphatic rings. The second kappa shape index (κ2) is 10.8. The zero-order valence-corrected chi connectivity index (χ0v) is 19.5. The average Bonchev–Trinajstić information content (AvgIpc) is 3.48. The van der Waals surface area contributed by atoms with Crippen molar-refractivity contribution in [3.63, 3.8) is 0 Å². The van der Waals surface area contributed by atoms with E-state index in [0.717, 1.165) is 0 Å². The molecule has 0 aliphatic heterocycles. The van der Waals surface area contributed by atoms with Gasteiger partial charge in [-0.3, -0.25) is 0 Å². The Morgan fingerprint density at radius 3 is 1.06 bits per heavy atom. The summed E-state index contributed by atoms with van der Waals surface area (Å²) in [5.41, 5.74) is 6.28. The van der Waals surface area contributed by atoms with Crippen LogP contribution in [-0.4, -0.2) is 7.25 Å². The first-order chi connectivity index (χ1) is 15.9. The second-order valence-corrected chi connectivity index (χ2v) is 9.03. The molecule has 7 rings (SSSR count). The summed E-state index contributed by atoms with van der Waals surface area (Å²) in [6, 6.07) is 18.5. The fourth-order valence-corrected chi connectivity index (χ4v) is 6.09. The van der Waals surface area contributed by atoms with Crippen molar-refractivity contribution in [1.29, 1.82) is 0 Å². The van der Waals surface area contributed by atoms with E-state index in [1.807, 2.05) is 0 Å². The molecule has 34 heavy (non-hydrogen) atoms. The molecule has 0 saturated heterocycles. The van der Waals surface area contributed by atoms with Gasteiger partial charge < -0.3 is 17.3 Å². The summed E-state index contributed by atoms with van der Waals surface area (Å²) in [5, 5.41) is 0. The maximum absolute atomic E-state index is 9.75. The summed E-state index contributed by atoms with van der Waals surface area (Å²) in [6.07, 6.45) is 20.3. The maximum atomic E-state index is 9.75. The Morgan fingerprint density at radius 2 is 0.794 bits per heavy atom. The molecule has 2 saturated carbocycles. The third-order valence-corrected chi connectivity index (χ3v) is 7.14. The molecular formula is C28H24BF4Fe+2. The maximum Gasteiger partial charge on any atom is 3.00 e. The van der Waals surface area contributed by atoms with E-state index in [-0.39, 0.29) is 17.1 Å². The van der Waals surface area contributed by atoms with Crippen LogP contribution in [0.5, 0.6) is 0 Å². The number of fused-ring (bicyclic) bond motifs is 1. The van der Waals surface area contributed by atoms with Crippen molar-refractivity contribution in [3.05, 3.63) is 134 Å². The van der Waals surface area contributed by atoms with Crippen LogP contribution in [-0.2, 0) is 17.1 Å². The second-order valence-electron chi connectivity index (χ2n) is 9.03. The van der Waals surface area contributed by atoms with E-state index in [1.165, 1.54) is 24.7 Å². The summed E-state index contributed by atoms with van der Waals surface area (Å²) in [5.74, 6) is 5.28. The van der Waals surface area contributed by atoms with Crippen molar-refractivity contribution in [3.8, 4) is 0 Å². The van der Waals surface area contributed by atoms with Crippen LogP contribution in [0.1, 0.15) is 46.9 Å². The molecule has 0 aromatic heterocycles. The molecule has 0 heterocycles. The molecular weight excluding hydrogens is 479 g/mol. The molecule has 2 aromatic rings. The van der Waals surface area contributed by atoms with Crippen LogP contribution in [0.15, 0.2) is 48.5 Å². The quantitative estimate of drug-likeness (QED) is 0.302. The Hall–Kier alpha value is -1.26. The largest absolute Gasteiger partial charge is 3.00 e. The van der Waals surface area contributed by atoms with Gasteiger partial charge in [-0.2, -0.15) is 0 Å². The molecule has 2 aromatic carbocycles. The molecule has 0 N–H and O–H groups in total. The predicted molar refractivity (Wildman–Crippen MR) is 124 cm³/mol. The van der Waals surface area contributed by atoms with Crippen molar-refractivity contribution in [2.45, 2.75) is 24.7 Å². The Balaban J connectivity index is 0.000000417. The van der Waals surface area contributed by atoms with Crippen LogP contribution >= 0.6 is 0 Å². The van der Waals surface area contributed by atoms with Gasteiger partial charge in [-0.25, -0.2) is 0 Å². The smallest absolute Gasteiger partial charge is 0.418 e. The Labute approximate surface area is 211 Å². The summed E-state index contributed by atoms with van der Waals surface area (Å²) >= 11 is 0. The first kappa shape index (κ1) is 25.8. The first-order valence-corrected chi connectivity index (χ1v) is 11.4. The molecule has 0 nitrogen and oxygen atoms in total.